The lowest BCUT2D eigenvalue weighted by molar-refractivity contribution is 0.0786. The van der Waals surface area contributed by atoms with E-state index in [0.717, 1.165) is 5.56 Å². The Morgan fingerprint density at radius 3 is 2.18 bits per heavy atom. The highest BCUT2D eigenvalue weighted by atomic mass is 16.5. The monoisotopic (exact) mass is 373 g/mol. The lowest BCUT2D eigenvalue weighted by Gasteiger charge is -2.17. The summed E-state index contributed by atoms with van der Waals surface area (Å²) in [6, 6.07) is 23.6. The van der Waals surface area contributed by atoms with E-state index in [1.807, 2.05) is 50.2 Å². The number of rotatable bonds is 7. The maximum absolute atomic E-state index is 12.6. The molecular weight excluding hydrogens is 350 g/mol. The number of hydrogen-bond acceptors (Lipinski definition) is 3. The quantitative estimate of drug-likeness (QED) is 0.573. The first-order chi connectivity index (χ1) is 13.6. The topological polar surface area (TPSA) is 55.4 Å². The predicted molar refractivity (Wildman–Crippen MR) is 111 cm³/mol. The lowest BCUT2D eigenvalue weighted by atomic mass is 10.0. The summed E-state index contributed by atoms with van der Waals surface area (Å²) in [5.41, 5.74) is 2.87. The van der Waals surface area contributed by atoms with E-state index in [4.69, 9.17) is 4.74 Å². The fraction of sp³-hybridized carbons (Fsp3) is 0.167. The average Bonchev–Trinajstić information content (AvgIpc) is 2.73. The van der Waals surface area contributed by atoms with E-state index in [0.29, 0.717) is 29.0 Å². The van der Waals surface area contributed by atoms with Crippen LogP contribution in [0.5, 0.6) is 5.75 Å². The van der Waals surface area contributed by atoms with E-state index >= 15 is 0 Å². The van der Waals surface area contributed by atoms with Crippen molar-refractivity contribution in [1.82, 2.24) is 0 Å². The number of carbonyl (C=O) groups is 2. The molecule has 0 spiro atoms. The first-order valence-electron chi connectivity index (χ1n) is 9.31. The molecule has 0 bridgehead atoms. The first kappa shape index (κ1) is 19.4. The number of amides is 1. The Labute approximate surface area is 165 Å². The van der Waals surface area contributed by atoms with Crippen LogP contribution in [0.2, 0.25) is 0 Å². The summed E-state index contributed by atoms with van der Waals surface area (Å²) in [5.74, 6) is 0.391. The number of ether oxygens (including phenoxy) is 1. The van der Waals surface area contributed by atoms with Crippen LogP contribution in [0.25, 0.3) is 0 Å². The molecule has 4 heteroatoms. The lowest BCUT2D eigenvalue weighted by Crippen LogP contribution is -2.26. The molecule has 0 saturated heterocycles. The van der Waals surface area contributed by atoms with Gasteiger partial charge in [0.25, 0.3) is 5.91 Å². The van der Waals surface area contributed by atoms with Crippen LogP contribution >= 0.6 is 0 Å². The number of carbonyl (C=O) groups excluding carboxylic acids is 2. The smallest absolute Gasteiger partial charge is 0.255 e. The van der Waals surface area contributed by atoms with E-state index in [9.17, 15) is 9.59 Å². The Morgan fingerprint density at radius 2 is 1.54 bits per heavy atom. The molecule has 0 aliphatic rings. The Balaban J connectivity index is 1.66. The number of benzene rings is 3. The molecule has 0 aliphatic heterocycles. The summed E-state index contributed by atoms with van der Waals surface area (Å²) in [7, 11) is 0. The van der Waals surface area contributed by atoms with Crippen molar-refractivity contribution < 1.29 is 14.3 Å². The second-order valence-corrected chi connectivity index (χ2v) is 6.54. The minimum absolute atomic E-state index is 0.0416. The van der Waals surface area contributed by atoms with Crippen LogP contribution in [-0.2, 0) is 0 Å². The van der Waals surface area contributed by atoms with E-state index in [-0.39, 0.29) is 11.7 Å². The zero-order valence-electron chi connectivity index (χ0n) is 16.0. The van der Waals surface area contributed by atoms with Gasteiger partial charge in [0.2, 0.25) is 5.78 Å². The van der Waals surface area contributed by atoms with E-state index in [1.165, 1.54) is 0 Å². The number of aryl methyl sites for hydroxylation is 1. The zero-order valence-corrected chi connectivity index (χ0v) is 16.0. The predicted octanol–water partition coefficient (Wildman–Crippen LogP) is 5.29. The second kappa shape index (κ2) is 9.00. The Bertz CT molecular complexity index is 949. The van der Waals surface area contributed by atoms with Crippen molar-refractivity contribution in [3.05, 3.63) is 95.6 Å². The third-order valence-corrected chi connectivity index (χ3v) is 4.50. The van der Waals surface area contributed by atoms with Gasteiger partial charge in [-0.15, -0.1) is 0 Å². The van der Waals surface area contributed by atoms with Gasteiger partial charge in [0.15, 0.2) is 6.10 Å². The molecule has 3 aromatic carbocycles. The number of ketones is 1. The van der Waals surface area contributed by atoms with Crippen molar-refractivity contribution in [1.29, 1.82) is 0 Å². The Morgan fingerprint density at radius 1 is 0.893 bits per heavy atom. The summed E-state index contributed by atoms with van der Waals surface area (Å²) in [5, 5.41) is 2.88. The van der Waals surface area contributed by atoms with Gasteiger partial charge in [0, 0.05) is 16.8 Å². The van der Waals surface area contributed by atoms with Gasteiger partial charge < -0.3 is 10.1 Å². The van der Waals surface area contributed by atoms with Crippen molar-refractivity contribution in [2.75, 3.05) is 5.32 Å². The standard InChI is InChI=1S/C24H23NO3/c1-3-22(23(26)18-10-5-4-6-11-18)28-20-15-13-19(14-16-20)25-24(27)21-12-8-7-9-17(21)2/h4-16,22H,3H2,1-2H3,(H,25,27). The summed E-state index contributed by atoms with van der Waals surface area (Å²) >= 11 is 0. The van der Waals surface area contributed by atoms with Gasteiger partial charge in [0.1, 0.15) is 5.75 Å². The molecule has 0 aliphatic carbocycles. The fourth-order valence-corrected chi connectivity index (χ4v) is 2.92. The third-order valence-electron chi connectivity index (χ3n) is 4.50. The maximum Gasteiger partial charge on any atom is 0.255 e. The van der Waals surface area contributed by atoms with E-state index < -0.39 is 6.10 Å². The number of nitrogens with one attached hydrogen (secondary N) is 1. The third kappa shape index (κ3) is 4.65. The van der Waals surface area contributed by atoms with Crippen molar-refractivity contribution in [3.8, 4) is 5.75 Å². The van der Waals surface area contributed by atoms with Gasteiger partial charge in [-0.2, -0.15) is 0 Å². The Hall–Kier alpha value is -3.40. The number of Topliss-reactive ketones (excluding diaryl/α,β-unsaturated/α-hetero) is 1. The molecule has 3 rings (SSSR count). The summed E-state index contributed by atoms with van der Waals surface area (Å²) in [6.45, 7) is 3.82. The number of anilines is 1. The van der Waals surface area contributed by atoms with Crippen LogP contribution in [0.15, 0.2) is 78.9 Å². The molecule has 1 amide bonds. The SMILES string of the molecule is CCC(Oc1ccc(NC(=O)c2ccccc2C)cc1)C(=O)c1ccccc1. The van der Waals surface area contributed by atoms with Crippen LogP contribution in [0, 0.1) is 6.92 Å². The van der Waals surface area contributed by atoms with Crippen LogP contribution in [-0.4, -0.2) is 17.8 Å². The second-order valence-electron chi connectivity index (χ2n) is 6.54. The summed E-state index contributed by atoms with van der Waals surface area (Å²) in [6.07, 6.45) is 0.0225. The van der Waals surface area contributed by atoms with E-state index in [2.05, 4.69) is 5.32 Å². The Kier molecular flexibility index (Phi) is 6.22. The molecule has 0 aromatic heterocycles. The summed E-state index contributed by atoms with van der Waals surface area (Å²) in [4.78, 5) is 25.0. The van der Waals surface area contributed by atoms with Crippen molar-refractivity contribution in [3.63, 3.8) is 0 Å². The molecule has 28 heavy (non-hydrogen) atoms. The van der Waals surface area contributed by atoms with E-state index in [1.54, 1.807) is 42.5 Å². The summed E-state index contributed by atoms with van der Waals surface area (Å²) < 4.78 is 5.88. The van der Waals surface area contributed by atoms with Gasteiger partial charge >= 0.3 is 0 Å². The normalized spacial score (nSPS) is 11.5. The highest BCUT2D eigenvalue weighted by molar-refractivity contribution is 6.05. The largest absolute Gasteiger partial charge is 0.482 e. The molecule has 1 atom stereocenters. The first-order valence-corrected chi connectivity index (χ1v) is 9.31. The molecule has 1 N–H and O–H groups in total. The molecule has 4 nitrogen and oxygen atoms in total. The minimum atomic E-state index is -0.546. The van der Waals surface area contributed by atoms with Gasteiger partial charge in [0.05, 0.1) is 0 Å². The number of hydrogen-bond donors (Lipinski definition) is 1. The molecule has 1 unspecified atom stereocenters. The molecule has 0 heterocycles. The van der Waals surface area contributed by atoms with Gasteiger partial charge in [-0.05, 0) is 49.2 Å². The molecule has 142 valence electrons. The fourth-order valence-electron chi connectivity index (χ4n) is 2.92. The molecule has 0 saturated carbocycles. The highest BCUT2D eigenvalue weighted by Crippen LogP contribution is 2.20. The van der Waals surface area contributed by atoms with Crippen LogP contribution in [0.4, 0.5) is 5.69 Å². The molecule has 0 fully saturated rings. The molecule has 0 radical (unpaired) electrons. The van der Waals surface area contributed by atoms with Crippen LogP contribution in [0.3, 0.4) is 0 Å². The maximum atomic E-state index is 12.6. The van der Waals surface area contributed by atoms with Gasteiger partial charge in [-0.25, -0.2) is 0 Å². The zero-order chi connectivity index (χ0) is 19.9. The van der Waals surface area contributed by atoms with Crippen molar-refractivity contribution >= 4 is 17.4 Å². The van der Waals surface area contributed by atoms with Crippen LogP contribution < -0.4 is 10.1 Å². The molecule has 3 aromatic rings. The molecular formula is C24H23NO3. The van der Waals surface area contributed by atoms with Crippen LogP contribution in [0.1, 0.15) is 39.6 Å². The van der Waals surface area contributed by atoms with Crippen molar-refractivity contribution in [2.45, 2.75) is 26.4 Å². The minimum Gasteiger partial charge on any atom is -0.482 e. The average molecular weight is 373 g/mol. The highest BCUT2D eigenvalue weighted by Gasteiger charge is 2.20. The van der Waals surface area contributed by atoms with Gasteiger partial charge in [-0.3, -0.25) is 9.59 Å². The van der Waals surface area contributed by atoms with Gasteiger partial charge in [-0.1, -0.05) is 55.5 Å². The van der Waals surface area contributed by atoms with Crippen molar-refractivity contribution in [2.24, 2.45) is 0 Å².